The number of hydrogen-bond donors (Lipinski definition) is 1. The summed E-state index contributed by atoms with van der Waals surface area (Å²) in [6.07, 6.45) is -1.51. The SMILES string of the molecule is [2H]C1([2H])N(C(=O)C2CC2)C([2H])([2H])C([2H])([2H])N(c2cc(Nc3ncn(-c4cc(F)cc(F)c4)n3)cc(C(F)F)c2)C1([2H])[2H]. The monoisotopic (exact) mass is 482 g/mol. The molecular formula is C23H22F4N6O. The molecule has 2 aromatic carbocycles. The highest BCUT2D eigenvalue weighted by Gasteiger charge is 2.34. The first-order valence-corrected chi connectivity index (χ1v) is 10.1. The Morgan fingerprint density at radius 2 is 1.71 bits per heavy atom. The van der Waals surface area contributed by atoms with Gasteiger partial charge in [0.15, 0.2) is 0 Å². The highest BCUT2D eigenvalue weighted by molar-refractivity contribution is 5.81. The average Bonchev–Trinajstić information content (AvgIpc) is 3.61. The van der Waals surface area contributed by atoms with Crippen molar-refractivity contribution in [1.82, 2.24) is 19.7 Å². The first-order valence-electron chi connectivity index (χ1n) is 14.1. The van der Waals surface area contributed by atoms with Crippen LogP contribution in [-0.4, -0.2) is 51.6 Å². The maximum absolute atomic E-state index is 13.9. The van der Waals surface area contributed by atoms with Crippen LogP contribution in [0.3, 0.4) is 0 Å². The van der Waals surface area contributed by atoms with E-state index >= 15 is 0 Å². The number of nitrogens with one attached hydrogen (secondary N) is 1. The number of carbonyl (C=O) groups excluding carboxylic acids is 1. The van der Waals surface area contributed by atoms with Crippen LogP contribution < -0.4 is 10.2 Å². The first kappa shape index (κ1) is 14.6. The van der Waals surface area contributed by atoms with Crippen LogP contribution in [0, 0.1) is 17.6 Å². The number of carbonyl (C=O) groups is 1. The van der Waals surface area contributed by atoms with Gasteiger partial charge in [0.05, 0.1) is 16.7 Å². The molecule has 0 radical (unpaired) electrons. The summed E-state index contributed by atoms with van der Waals surface area (Å²) >= 11 is 0. The summed E-state index contributed by atoms with van der Waals surface area (Å²) in [7, 11) is 0. The van der Waals surface area contributed by atoms with Crippen LogP contribution in [0.15, 0.2) is 42.7 Å². The fraction of sp³-hybridized carbons (Fsp3) is 0.348. The molecule has 1 aliphatic heterocycles. The molecule has 34 heavy (non-hydrogen) atoms. The molecule has 0 bridgehead atoms. The van der Waals surface area contributed by atoms with Crippen molar-refractivity contribution in [2.45, 2.75) is 19.3 Å². The Kier molecular flexibility index (Phi) is 3.84. The zero-order valence-electron chi connectivity index (χ0n) is 25.3. The summed E-state index contributed by atoms with van der Waals surface area (Å²) in [6, 6.07) is 5.08. The van der Waals surface area contributed by atoms with Crippen LogP contribution in [0.25, 0.3) is 5.69 Å². The Bertz CT molecular complexity index is 1500. The number of amides is 1. The molecule has 178 valence electrons. The van der Waals surface area contributed by atoms with Gasteiger partial charge in [-0.2, -0.15) is 4.98 Å². The van der Waals surface area contributed by atoms with Gasteiger partial charge in [-0.1, -0.05) is 0 Å². The van der Waals surface area contributed by atoms with Gasteiger partial charge < -0.3 is 15.1 Å². The van der Waals surface area contributed by atoms with Crippen LogP contribution in [0.2, 0.25) is 0 Å². The fourth-order valence-electron chi connectivity index (χ4n) is 3.22. The van der Waals surface area contributed by atoms with Crippen molar-refractivity contribution >= 4 is 23.2 Å². The minimum Gasteiger partial charge on any atom is -0.368 e. The predicted octanol–water partition coefficient (Wildman–Crippen LogP) is 4.29. The third-order valence-corrected chi connectivity index (χ3v) is 5.00. The second-order valence-electron chi connectivity index (χ2n) is 7.61. The molecule has 1 aliphatic carbocycles. The average molecular weight is 483 g/mol. The van der Waals surface area contributed by atoms with E-state index in [0.717, 1.165) is 35.3 Å². The summed E-state index contributed by atoms with van der Waals surface area (Å²) in [4.78, 5) is 16.8. The molecule has 2 aliphatic rings. The minimum absolute atomic E-state index is 0.0560. The van der Waals surface area contributed by atoms with Gasteiger partial charge in [-0.25, -0.2) is 22.2 Å². The molecule has 0 atom stereocenters. The van der Waals surface area contributed by atoms with E-state index in [0.29, 0.717) is 25.0 Å². The molecule has 2 fully saturated rings. The van der Waals surface area contributed by atoms with Crippen LogP contribution in [0.5, 0.6) is 0 Å². The van der Waals surface area contributed by atoms with Crippen LogP contribution in [0.4, 0.5) is 34.9 Å². The van der Waals surface area contributed by atoms with E-state index in [1.165, 1.54) is 0 Å². The number of benzene rings is 2. The van der Waals surface area contributed by atoms with Gasteiger partial charge in [0.25, 0.3) is 6.43 Å². The van der Waals surface area contributed by atoms with Gasteiger partial charge in [0.1, 0.15) is 18.0 Å². The van der Waals surface area contributed by atoms with Crippen molar-refractivity contribution in [3.63, 3.8) is 0 Å². The first-order chi connectivity index (χ1) is 19.4. The maximum atomic E-state index is 13.9. The lowest BCUT2D eigenvalue weighted by Crippen LogP contribution is -2.49. The Morgan fingerprint density at radius 1 is 1.00 bits per heavy atom. The number of piperazine rings is 1. The predicted molar refractivity (Wildman–Crippen MR) is 117 cm³/mol. The van der Waals surface area contributed by atoms with Crippen molar-refractivity contribution in [1.29, 1.82) is 0 Å². The molecule has 1 aromatic heterocycles. The van der Waals surface area contributed by atoms with E-state index < -0.39 is 67.1 Å². The van der Waals surface area contributed by atoms with Crippen molar-refractivity contribution in [3.8, 4) is 5.69 Å². The molecular weight excluding hydrogens is 452 g/mol. The lowest BCUT2D eigenvalue weighted by molar-refractivity contribution is -0.132. The van der Waals surface area contributed by atoms with Crippen molar-refractivity contribution < 1.29 is 33.3 Å². The van der Waals surface area contributed by atoms with Gasteiger partial charge >= 0.3 is 0 Å². The zero-order chi connectivity index (χ0) is 31.0. The van der Waals surface area contributed by atoms with Gasteiger partial charge in [0, 0.05) is 54.9 Å². The van der Waals surface area contributed by atoms with Gasteiger partial charge in [0.2, 0.25) is 11.9 Å². The zero-order valence-corrected chi connectivity index (χ0v) is 17.3. The second-order valence-corrected chi connectivity index (χ2v) is 7.61. The summed E-state index contributed by atoms with van der Waals surface area (Å²) < 4.78 is 124. The second kappa shape index (κ2) is 8.96. The summed E-state index contributed by atoms with van der Waals surface area (Å²) in [6.45, 7) is -13.8. The molecule has 0 unspecified atom stereocenters. The van der Waals surface area contributed by atoms with Crippen LogP contribution in [0.1, 0.15) is 35.8 Å². The maximum Gasteiger partial charge on any atom is 0.263 e. The molecule has 1 amide bonds. The molecule has 1 saturated heterocycles. The highest BCUT2D eigenvalue weighted by atomic mass is 19.3. The van der Waals surface area contributed by atoms with Gasteiger partial charge in [-0.15, -0.1) is 5.10 Å². The molecule has 1 saturated carbocycles. The van der Waals surface area contributed by atoms with E-state index in [2.05, 4.69) is 15.4 Å². The standard InChI is InChI=1S/C23H22F4N6O/c24-16-9-17(25)11-20(10-16)33-13-28-23(30-33)29-18-7-15(21(26)27)8-19(12-18)31-3-5-32(6-4-31)22(34)14-1-2-14/h7-14,21H,1-6H2,(H,29,30)/i3D2,4D2,5D2,6D2. The van der Waals surface area contributed by atoms with Crippen molar-refractivity contribution in [3.05, 3.63) is 59.9 Å². The normalized spacial score (nSPS) is 25.7. The molecule has 0 spiro atoms. The van der Waals surface area contributed by atoms with E-state index in [1.54, 1.807) is 0 Å². The largest absolute Gasteiger partial charge is 0.368 e. The van der Waals surface area contributed by atoms with E-state index in [4.69, 9.17) is 11.0 Å². The summed E-state index contributed by atoms with van der Waals surface area (Å²) in [5.74, 6) is -3.95. The topological polar surface area (TPSA) is 66.3 Å². The summed E-state index contributed by atoms with van der Waals surface area (Å²) in [5.41, 5.74) is -1.76. The van der Waals surface area contributed by atoms with Crippen molar-refractivity contribution in [2.24, 2.45) is 5.92 Å². The van der Waals surface area contributed by atoms with Crippen LogP contribution in [-0.2, 0) is 4.79 Å². The summed E-state index contributed by atoms with van der Waals surface area (Å²) in [5, 5.41) is 6.53. The smallest absolute Gasteiger partial charge is 0.263 e. The molecule has 3 aromatic rings. The van der Waals surface area contributed by atoms with E-state index in [1.807, 2.05) is 0 Å². The van der Waals surface area contributed by atoms with Crippen LogP contribution >= 0.6 is 0 Å². The molecule has 7 nitrogen and oxygen atoms in total. The number of anilines is 3. The number of aromatic nitrogens is 3. The molecule has 11 heteroatoms. The molecule has 1 N–H and O–H groups in total. The Hall–Kier alpha value is -3.63. The minimum atomic E-state index is -3.47. The van der Waals surface area contributed by atoms with Gasteiger partial charge in [-0.3, -0.25) is 4.79 Å². The van der Waals surface area contributed by atoms with E-state index in [9.17, 15) is 22.4 Å². The number of hydrogen-bond acceptors (Lipinski definition) is 5. The number of halogens is 4. The molecule has 2 heterocycles. The number of nitrogens with zero attached hydrogens (tertiary/aromatic N) is 5. The Labute approximate surface area is 204 Å². The fourth-order valence-corrected chi connectivity index (χ4v) is 3.22. The third kappa shape index (κ3) is 4.82. The van der Waals surface area contributed by atoms with Gasteiger partial charge in [-0.05, 0) is 43.2 Å². The third-order valence-electron chi connectivity index (χ3n) is 5.00. The quantitative estimate of drug-likeness (QED) is 0.531. The molecule has 5 rings (SSSR count). The lowest BCUT2D eigenvalue weighted by Gasteiger charge is -2.36. The number of alkyl halides is 2. The highest BCUT2D eigenvalue weighted by Crippen LogP contribution is 2.33. The number of rotatable bonds is 6. The van der Waals surface area contributed by atoms with Crippen molar-refractivity contribution in [2.75, 3.05) is 36.2 Å². The lowest BCUT2D eigenvalue weighted by atomic mass is 10.1. The Morgan fingerprint density at radius 3 is 2.35 bits per heavy atom. The van der Waals surface area contributed by atoms with E-state index in [-0.39, 0.29) is 27.1 Å². The Balaban J connectivity index is 1.57.